The van der Waals surface area contributed by atoms with Crippen LogP contribution < -0.4 is 5.32 Å². The van der Waals surface area contributed by atoms with Crippen LogP contribution in [-0.2, 0) is 9.84 Å². The molecule has 3 N–H and O–H groups in total. The van der Waals surface area contributed by atoms with Gasteiger partial charge in [-0.1, -0.05) is 36.4 Å². The van der Waals surface area contributed by atoms with Crippen LogP contribution in [-0.4, -0.2) is 35.7 Å². The van der Waals surface area contributed by atoms with E-state index in [9.17, 15) is 13.5 Å². The van der Waals surface area contributed by atoms with E-state index >= 15 is 0 Å². The number of halogens is 1. The first kappa shape index (κ1) is 21.3. The van der Waals surface area contributed by atoms with Gasteiger partial charge < -0.3 is 14.8 Å². The molecule has 3 rings (SSSR count). The second kappa shape index (κ2) is 8.52. The number of aromatic nitrogens is 2. The van der Waals surface area contributed by atoms with Crippen LogP contribution in [0, 0.1) is 5.41 Å². The maximum absolute atomic E-state index is 11.8. The molecule has 1 heterocycles. The molecule has 0 amide bonds. The van der Waals surface area contributed by atoms with Crippen LogP contribution in [0.3, 0.4) is 0 Å². The number of rotatable bonds is 7. The van der Waals surface area contributed by atoms with Crippen LogP contribution in [0.2, 0.25) is 5.02 Å². The minimum absolute atomic E-state index is 0.000628. The topological polar surface area (TPSA) is 129 Å². The van der Waals surface area contributed by atoms with Crippen molar-refractivity contribution in [3.05, 3.63) is 77.9 Å². The number of aliphatic hydroxyl groups excluding tert-OH is 1. The van der Waals surface area contributed by atoms with Crippen LogP contribution in [0.4, 0.5) is 5.69 Å². The largest absolute Gasteiger partial charge is 0.506 e. The smallest absolute Gasteiger partial charge is 0.264 e. The molecule has 10 heteroatoms. The standard InChI is InChI=1S/C20H17ClN4O4S/c1-12(26)16(22)11-18(23-17-9-4-3-8-15(17)21)20-25-24-19(29-20)13-6-5-7-14(10-13)30(2,27)28/h3-11,22-23,26H,1H2,2H3/b18-11-,22-16?. The third-order valence-corrected chi connectivity index (χ3v) is 5.35. The summed E-state index contributed by atoms with van der Waals surface area (Å²) < 4.78 is 29.3. The fourth-order valence-corrected chi connectivity index (χ4v) is 3.24. The molecule has 1 aromatic heterocycles. The van der Waals surface area contributed by atoms with Gasteiger partial charge in [0.05, 0.1) is 21.3 Å². The Kier molecular flexibility index (Phi) is 6.04. The Balaban J connectivity index is 2.02. The summed E-state index contributed by atoms with van der Waals surface area (Å²) >= 11 is 6.18. The molecule has 0 aliphatic rings. The molecule has 0 spiro atoms. The first-order chi connectivity index (χ1) is 14.1. The van der Waals surface area contributed by atoms with Gasteiger partial charge in [0.25, 0.3) is 5.89 Å². The Morgan fingerprint density at radius 3 is 2.63 bits per heavy atom. The SMILES string of the molecule is C=C(O)C(=N)/C=C(\Nc1ccccc1Cl)c1nnc(-c2cccc(S(C)(=O)=O)c2)o1. The molecule has 0 aliphatic carbocycles. The third-order valence-electron chi connectivity index (χ3n) is 3.91. The van der Waals surface area contributed by atoms with Crippen molar-refractivity contribution in [2.75, 3.05) is 11.6 Å². The van der Waals surface area contributed by atoms with Crippen molar-refractivity contribution in [1.82, 2.24) is 10.2 Å². The Bertz CT molecular complexity index is 1270. The minimum atomic E-state index is -3.41. The highest BCUT2D eigenvalue weighted by Gasteiger charge is 2.17. The van der Waals surface area contributed by atoms with Gasteiger partial charge >= 0.3 is 0 Å². The number of benzene rings is 2. The maximum atomic E-state index is 11.8. The molecular weight excluding hydrogens is 428 g/mol. The van der Waals surface area contributed by atoms with Crippen molar-refractivity contribution in [3.8, 4) is 11.5 Å². The normalized spacial score (nSPS) is 11.9. The van der Waals surface area contributed by atoms with Crippen LogP contribution in [0.25, 0.3) is 17.2 Å². The highest BCUT2D eigenvalue weighted by molar-refractivity contribution is 7.90. The molecule has 0 unspecified atom stereocenters. The molecule has 8 nitrogen and oxygen atoms in total. The van der Waals surface area contributed by atoms with E-state index in [1.807, 2.05) is 0 Å². The third kappa shape index (κ3) is 4.94. The molecule has 154 valence electrons. The van der Waals surface area contributed by atoms with Crippen LogP contribution in [0.1, 0.15) is 5.89 Å². The van der Waals surface area contributed by atoms with Crippen molar-refractivity contribution < 1.29 is 17.9 Å². The molecule has 30 heavy (non-hydrogen) atoms. The average Bonchev–Trinajstić information content (AvgIpc) is 3.18. The fourth-order valence-electron chi connectivity index (χ4n) is 2.40. The van der Waals surface area contributed by atoms with E-state index in [0.29, 0.717) is 16.3 Å². The average molecular weight is 445 g/mol. The summed E-state index contributed by atoms with van der Waals surface area (Å²) in [6, 6.07) is 13.0. The van der Waals surface area contributed by atoms with Gasteiger partial charge in [-0.25, -0.2) is 8.42 Å². The van der Waals surface area contributed by atoms with Crippen molar-refractivity contribution in [1.29, 1.82) is 5.41 Å². The van der Waals surface area contributed by atoms with E-state index in [1.165, 1.54) is 18.2 Å². The van der Waals surface area contributed by atoms with Gasteiger partial charge in [0.2, 0.25) is 5.89 Å². The van der Waals surface area contributed by atoms with E-state index in [-0.39, 0.29) is 28.1 Å². The zero-order valence-electron chi connectivity index (χ0n) is 15.8. The van der Waals surface area contributed by atoms with Crippen LogP contribution >= 0.6 is 11.6 Å². The zero-order chi connectivity index (χ0) is 21.9. The van der Waals surface area contributed by atoms with Crippen molar-refractivity contribution >= 4 is 38.5 Å². The zero-order valence-corrected chi connectivity index (χ0v) is 17.3. The van der Waals surface area contributed by atoms with Crippen molar-refractivity contribution in [3.63, 3.8) is 0 Å². The van der Waals surface area contributed by atoms with Gasteiger partial charge in [-0.05, 0) is 36.4 Å². The molecule has 0 radical (unpaired) electrons. The van der Waals surface area contributed by atoms with Gasteiger partial charge in [-0.15, -0.1) is 10.2 Å². The van der Waals surface area contributed by atoms with Gasteiger partial charge in [0, 0.05) is 11.8 Å². The molecule has 0 saturated carbocycles. The molecule has 0 saturated heterocycles. The predicted molar refractivity (Wildman–Crippen MR) is 115 cm³/mol. The molecule has 2 aromatic carbocycles. The summed E-state index contributed by atoms with van der Waals surface area (Å²) in [6.45, 7) is 3.32. The lowest BCUT2D eigenvalue weighted by Crippen LogP contribution is -2.04. The van der Waals surface area contributed by atoms with Gasteiger partial charge in [-0.2, -0.15) is 0 Å². The number of nitrogens with one attached hydrogen (secondary N) is 2. The summed E-state index contributed by atoms with van der Waals surface area (Å²) in [6.07, 6.45) is 2.36. The summed E-state index contributed by atoms with van der Waals surface area (Å²) in [5.41, 5.74) is 0.848. The number of sulfone groups is 1. The number of aliphatic hydroxyl groups is 1. The van der Waals surface area contributed by atoms with E-state index in [1.54, 1.807) is 36.4 Å². The summed E-state index contributed by atoms with van der Waals surface area (Å²) in [5.74, 6) is -0.369. The second-order valence-corrected chi connectivity index (χ2v) is 8.66. The van der Waals surface area contributed by atoms with Crippen molar-refractivity contribution in [2.45, 2.75) is 4.90 Å². The Labute approximate surface area is 178 Å². The first-order valence-corrected chi connectivity index (χ1v) is 10.8. The lowest BCUT2D eigenvalue weighted by Gasteiger charge is -2.09. The van der Waals surface area contributed by atoms with Gasteiger partial charge in [0.15, 0.2) is 9.84 Å². The summed E-state index contributed by atoms with van der Waals surface area (Å²) in [4.78, 5) is 0.114. The summed E-state index contributed by atoms with van der Waals surface area (Å²) in [7, 11) is -3.41. The van der Waals surface area contributed by atoms with E-state index < -0.39 is 15.6 Å². The highest BCUT2D eigenvalue weighted by atomic mass is 35.5. The van der Waals surface area contributed by atoms with Crippen LogP contribution in [0.5, 0.6) is 0 Å². The van der Waals surface area contributed by atoms with Gasteiger partial charge in [-0.3, -0.25) is 5.41 Å². The lowest BCUT2D eigenvalue weighted by atomic mass is 10.2. The monoisotopic (exact) mass is 444 g/mol. The fraction of sp³-hybridized carbons (Fsp3) is 0.0500. The lowest BCUT2D eigenvalue weighted by molar-refractivity contribution is 0.446. The number of nitrogens with zero attached hydrogens (tertiary/aromatic N) is 2. The van der Waals surface area contributed by atoms with Gasteiger partial charge in [0.1, 0.15) is 11.5 Å². The Hall–Kier alpha value is -3.43. The quantitative estimate of drug-likeness (QED) is 0.365. The molecule has 0 bridgehead atoms. The highest BCUT2D eigenvalue weighted by Crippen LogP contribution is 2.27. The summed E-state index contributed by atoms with van der Waals surface area (Å²) in [5, 5.41) is 28.7. The van der Waals surface area contributed by atoms with Crippen LogP contribution in [0.15, 0.2) is 76.3 Å². The number of hydrogen-bond acceptors (Lipinski definition) is 8. The van der Waals surface area contributed by atoms with E-state index in [4.69, 9.17) is 21.4 Å². The predicted octanol–water partition coefficient (Wildman–Crippen LogP) is 4.34. The molecule has 0 fully saturated rings. The number of hydrogen-bond donors (Lipinski definition) is 3. The van der Waals surface area contributed by atoms with Crippen molar-refractivity contribution in [2.24, 2.45) is 0 Å². The second-order valence-electron chi connectivity index (χ2n) is 6.24. The first-order valence-electron chi connectivity index (χ1n) is 8.49. The minimum Gasteiger partial charge on any atom is -0.506 e. The maximum Gasteiger partial charge on any atom is 0.264 e. The number of para-hydroxylation sites is 1. The van der Waals surface area contributed by atoms with E-state index in [0.717, 1.165) is 6.26 Å². The molecule has 0 atom stereocenters. The molecular formula is C20H17ClN4O4S. The Morgan fingerprint density at radius 2 is 1.97 bits per heavy atom. The number of allylic oxidation sites excluding steroid dienone is 1. The van der Waals surface area contributed by atoms with E-state index in [2.05, 4.69) is 22.1 Å². The Morgan fingerprint density at radius 1 is 1.23 bits per heavy atom. The number of anilines is 1. The molecule has 3 aromatic rings. The molecule has 0 aliphatic heterocycles.